The third kappa shape index (κ3) is 2.53. The van der Waals surface area contributed by atoms with Gasteiger partial charge in [0, 0.05) is 17.5 Å². The summed E-state index contributed by atoms with van der Waals surface area (Å²) < 4.78 is 0. The lowest BCUT2D eigenvalue weighted by molar-refractivity contribution is 0.148. The first-order chi connectivity index (χ1) is 6.16. The fourth-order valence-corrected chi connectivity index (χ4v) is 2.66. The van der Waals surface area contributed by atoms with E-state index in [0.29, 0.717) is 6.04 Å². The van der Waals surface area contributed by atoms with Crippen LogP contribution in [-0.4, -0.2) is 30.7 Å². The Bertz CT molecular complexity index is 233. The van der Waals surface area contributed by atoms with Crippen LogP contribution in [0.3, 0.4) is 0 Å². The molecular weight excluding hydrogens is 182 g/mol. The zero-order valence-electron chi connectivity index (χ0n) is 8.40. The van der Waals surface area contributed by atoms with Crippen LogP contribution in [0.5, 0.6) is 0 Å². The fourth-order valence-electron chi connectivity index (χ4n) is 1.60. The summed E-state index contributed by atoms with van der Waals surface area (Å²) in [5.74, 6) is 0.286. The highest BCUT2D eigenvalue weighted by Crippen LogP contribution is 2.29. The lowest BCUT2D eigenvalue weighted by atomic mass is 10.0. The van der Waals surface area contributed by atoms with Crippen molar-refractivity contribution in [3.05, 3.63) is 22.4 Å². The van der Waals surface area contributed by atoms with Crippen LogP contribution in [0.4, 0.5) is 0 Å². The van der Waals surface area contributed by atoms with Gasteiger partial charge in [0.05, 0.1) is 0 Å². The molecule has 0 amide bonds. The summed E-state index contributed by atoms with van der Waals surface area (Å²) in [5.41, 5.74) is 0. The maximum absolute atomic E-state index is 9.13. The molecule has 0 radical (unpaired) electrons. The van der Waals surface area contributed by atoms with E-state index in [1.54, 1.807) is 11.3 Å². The van der Waals surface area contributed by atoms with Crippen LogP contribution in [0.2, 0.25) is 0 Å². The number of aliphatic hydroxyl groups is 1. The van der Waals surface area contributed by atoms with E-state index in [4.69, 9.17) is 5.11 Å². The molecule has 0 aliphatic heterocycles. The van der Waals surface area contributed by atoms with Crippen molar-refractivity contribution >= 4 is 11.3 Å². The van der Waals surface area contributed by atoms with Crippen molar-refractivity contribution in [1.82, 2.24) is 4.90 Å². The predicted octanol–water partition coefficient (Wildman–Crippen LogP) is 1.98. The first-order valence-corrected chi connectivity index (χ1v) is 5.35. The standard InChI is InChI=1S/C10H17NOS/c1-8(7-12)10(11(2)3)9-5-4-6-13-9/h4-6,8,10,12H,7H2,1-3H3. The van der Waals surface area contributed by atoms with E-state index in [1.165, 1.54) is 4.88 Å². The van der Waals surface area contributed by atoms with Gasteiger partial charge in [-0.1, -0.05) is 13.0 Å². The van der Waals surface area contributed by atoms with Gasteiger partial charge in [-0.2, -0.15) is 0 Å². The maximum atomic E-state index is 9.13. The Morgan fingerprint density at radius 2 is 2.23 bits per heavy atom. The van der Waals surface area contributed by atoms with Crippen molar-refractivity contribution in [2.75, 3.05) is 20.7 Å². The molecular formula is C10H17NOS. The minimum atomic E-state index is 0.237. The molecule has 2 nitrogen and oxygen atoms in total. The average molecular weight is 199 g/mol. The Kier molecular flexibility index (Phi) is 3.90. The Balaban J connectivity index is 2.80. The number of hydrogen-bond donors (Lipinski definition) is 1. The molecule has 1 N–H and O–H groups in total. The van der Waals surface area contributed by atoms with Crippen molar-refractivity contribution in [2.24, 2.45) is 5.92 Å². The Morgan fingerprint density at radius 1 is 1.54 bits per heavy atom. The first kappa shape index (κ1) is 10.7. The molecule has 0 aliphatic carbocycles. The minimum Gasteiger partial charge on any atom is -0.396 e. The summed E-state index contributed by atoms with van der Waals surface area (Å²) in [4.78, 5) is 3.48. The second-order valence-corrected chi connectivity index (χ2v) is 4.56. The zero-order chi connectivity index (χ0) is 9.84. The molecule has 1 rings (SSSR count). The van der Waals surface area contributed by atoms with Gasteiger partial charge in [0.15, 0.2) is 0 Å². The van der Waals surface area contributed by atoms with Gasteiger partial charge in [0.2, 0.25) is 0 Å². The van der Waals surface area contributed by atoms with Gasteiger partial charge in [0.1, 0.15) is 0 Å². The lowest BCUT2D eigenvalue weighted by Crippen LogP contribution is -2.27. The molecule has 1 heterocycles. The summed E-state index contributed by atoms with van der Waals surface area (Å²) in [7, 11) is 4.10. The maximum Gasteiger partial charge on any atom is 0.0482 e. The third-order valence-electron chi connectivity index (χ3n) is 2.22. The van der Waals surface area contributed by atoms with Gasteiger partial charge in [0.25, 0.3) is 0 Å². The fraction of sp³-hybridized carbons (Fsp3) is 0.600. The number of aliphatic hydroxyl groups excluding tert-OH is 1. The summed E-state index contributed by atoms with van der Waals surface area (Å²) in [6.07, 6.45) is 0. The highest BCUT2D eigenvalue weighted by atomic mass is 32.1. The van der Waals surface area contributed by atoms with Gasteiger partial charge in [-0.25, -0.2) is 0 Å². The van der Waals surface area contributed by atoms with Crippen LogP contribution in [0.15, 0.2) is 17.5 Å². The summed E-state index contributed by atoms with van der Waals surface area (Å²) in [6, 6.07) is 4.52. The molecule has 74 valence electrons. The highest BCUT2D eigenvalue weighted by molar-refractivity contribution is 7.10. The molecule has 13 heavy (non-hydrogen) atoms. The molecule has 0 saturated heterocycles. The van der Waals surface area contributed by atoms with Crippen molar-refractivity contribution in [3.63, 3.8) is 0 Å². The highest BCUT2D eigenvalue weighted by Gasteiger charge is 2.21. The van der Waals surface area contributed by atoms with E-state index in [1.807, 2.05) is 0 Å². The van der Waals surface area contributed by atoms with Crippen LogP contribution in [0, 0.1) is 5.92 Å². The van der Waals surface area contributed by atoms with Gasteiger partial charge in [-0.3, -0.25) is 0 Å². The van der Waals surface area contributed by atoms with Gasteiger partial charge in [-0.15, -0.1) is 11.3 Å². The summed E-state index contributed by atoms with van der Waals surface area (Å²) in [5, 5.41) is 11.2. The Morgan fingerprint density at radius 3 is 2.62 bits per heavy atom. The molecule has 0 bridgehead atoms. The number of hydrogen-bond acceptors (Lipinski definition) is 3. The Labute approximate surface area is 83.8 Å². The smallest absolute Gasteiger partial charge is 0.0482 e. The van der Waals surface area contributed by atoms with Crippen molar-refractivity contribution < 1.29 is 5.11 Å². The van der Waals surface area contributed by atoms with Gasteiger partial charge in [-0.05, 0) is 31.5 Å². The molecule has 0 spiro atoms. The second-order valence-electron chi connectivity index (χ2n) is 3.58. The van der Waals surface area contributed by atoms with Crippen LogP contribution >= 0.6 is 11.3 Å². The van der Waals surface area contributed by atoms with E-state index in [-0.39, 0.29) is 12.5 Å². The molecule has 0 saturated carbocycles. The first-order valence-electron chi connectivity index (χ1n) is 4.47. The van der Waals surface area contributed by atoms with Crippen molar-refractivity contribution in [2.45, 2.75) is 13.0 Å². The number of rotatable bonds is 4. The minimum absolute atomic E-state index is 0.237. The zero-order valence-corrected chi connectivity index (χ0v) is 9.21. The average Bonchev–Trinajstić information content (AvgIpc) is 2.56. The molecule has 1 aromatic heterocycles. The Hall–Kier alpha value is -0.380. The van der Waals surface area contributed by atoms with Crippen LogP contribution < -0.4 is 0 Å². The van der Waals surface area contributed by atoms with E-state index in [2.05, 4.69) is 43.4 Å². The topological polar surface area (TPSA) is 23.5 Å². The molecule has 0 fully saturated rings. The quantitative estimate of drug-likeness (QED) is 0.801. The summed E-state index contributed by atoms with van der Waals surface area (Å²) >= 11 is 1.75. The second kappa shape index (κ2) is 4.74. The van der Waals surface area contributed by atoms with Crippen molar-refractivity contribution in [1.29, 1.82) is 0 Å². The molecule has 2 atom stereocenters. The van der Waals surface area contributed by atoms with Crippen LogP contribution in [0.25, 0.3) is 0 Å². The molecule has 3 heteroatoms. The van der Waals surface area contributed by atoms with E-state index in [9.17, 15) is 0 Å². The molecule has 1 aromatic rings. The molecule has 0 aromatic carbocycles. The van der Waals surface area contributed by atoms with Crippen molar-refractivity contribution in [3.8, 4) is 0 Å². The molecule has 2 unspecified atom stereocenters. The van der Waals surface area contributed by atoms with Gasteiger partial charge >= 0.3 is 0 Å². The largest absolute Gasteiger partial charge is 0.396 e. The van der Waals surface area contributed by atoms with Crippen LogP contribution in [-0.2, 0) is 0 Å². The van der Waals surface area contributed by atoms with E-state index >= 15 is 0 Å². The monoisotopic (exact) mass is 199 g/mol. The number of nitrogens with zero attached hydrogens (tertiary/aromatic N) is 1. The molecule has 0 aliphatic rings. The van der Waals surface area contributed by atoms with E-state index < -0.39 is 0 Å². The normalized spacial score (nSPS) is 16.1. The predicted molar refractivity (Wildman–Crippen MR) is 57.0 cm³/mol. The lowest BCUT2D eigenvalue weighted by Gasteiger charge is -2.27. The van der Waals surface area contributed by atoms with Gasteiger partial charge < -0.3 is 10.0 Å². The number of thiophene rings is 1. The SMILES string of the molecule is CC(CO)C(c1cccs1)N(C)C. The summed E-state index contributed by atoms with van der Waals surface area (Å²) in [6.45, 7) is 2.31. The third-order valence-corrected chi connectivity index (χ3v) is 3.16. The van der Waals surface area contributed by atoms with E-state index in [0.717, 1.165) is 0 Å². The van der Waals surface area contributed by atoms with Crippen LogP contribution in [0.1, 0.15) is 17.8 Å².